The highest BCUT2D eigenvalue weighted by Crippen LogP contribution is 2.24. The van der Waals surface area contributed by atoms with Crippen LogP contribution in [-0.2, 0) is 0 Å². The Morgan fingerprint density at radius 3 is 2.77 bits per heavy atom. The second-order valence-corrected chi connectivity index (χ2v) is 6.84. The molecule has 1 fully saturated rings. The number of nitrogens with zero attached hydrogens (tertiary/aromatic N) is 2. The summed E-state index contributed by atoms with van der Waals surface area (Å²) >= 11 is 1.82. The number of benzene rings is 1. The summed E-state index contributed by atoms with van der Waals surface area (Å²) in [4.78, 5) is 18.7. The van der Waals surface area contributed by atoms with E-state index in [9.17, 15) is 4.79 Å². The maximum Gasteiger partial charge on any atom is 0.317 e. The molecule has 2 heterocycles. The lowest BCUT2D eigenvalue weighted by Crippen LogP contribution is -2.43. The monoisotopic (exact) mass is 317 g/mol. The number of thioether (sulfide) groups is 1. The van der Waals surface area contributed by atoms with E-state index in [0.29, 0.717) is 12.6 Å². The second kappa shape index (κ2) is 7.68. The molecule has 2 aliphatic heterocycles. The SMILES string of the molecule is O=C(NCCC1CSC(c2ccccc2)=N1)N1CCCCC1. The van der Waals surface area contributed by atoms with Crippen LogP contribution in [0.4, 0.5) is 4.79 Å². The van der Waals surface area contributed by atoms with Crippen LogP contribution in [0.25, 0.3) is 0 Å². The highest BCUT2D eigenvalue weighted by atomic mass is 32.2. The lowest BCUT2D eigenvalue weighted by Gasteiger charge is -2.26. The Kier molecular flexibility index (Phi) is 5.38. The Morgan fingerprint density at radius 2 is 2.00 bits per heavy atom. The third-order valence-electron chi connectivity index (χ3n) is 4.13. The number of carbonyl (C=O) groups is 1. The van der Waals surface area contributed by atoms with Crippen LogP contribution in [0.1, 0.15) is 31.2 Å². The van der Waals surface area contributed by atoms with Crippen molar-refractivity contribution < 1.29 is 4.79 Å². The summed E-state index contributed by atoms with van der Waals surface area (Å²) in [5, 5.41) is 4.17. The zero-order valence-corrected chi connectivity index (χ0v) is 13.6. The molecule has 0 spiro atoms. The summed E-state index contributed by atoms with van der Waals surface area (Å²) in [5.41, 5.74) is 1.20. The molecule has 0 aromatic heterocycles. The number of nitrogens with one attached hydrogen (secondary N) is 1. The van der Waals surface area contributed by atoms with Crippen LogP contribution >= 0.6 is 11.8 Å². The molecule has 1 saturated heterocycles. The molecular formula is C17H23N3OS. The van der Waals surface area contributed by atoms with E-state index in [-0.39, 0.29) is 6.03 Å². The topological polar surface area (TPSA) is 44.7 Å². The maximum absolute atomic E-state index is 12.0. The van der Waals surface area contributed by atoms with Crippen LogP contribution in [-0.4, -0.2) is 47.4 Å². The van der Waals surface area contributed by atoms with Gasteiger partial charge in [-0.05, 0) is 25.7 Å². The normalized spacial score (nSPS) is 21.5. The summed E-state index contributed by atoms with van der Waals surface area (Å²) in [6.45, 7) is 2.52. The molecule has 0 saturated carbocycles. The van der Waals surface area contributed by atoms with Crippen molar-refractivity contribution in [3.05, 3.63) is 35.9 Å². The average molecular weight is 317 g/mol. The molecule has 3 rings (SSSR count). The summed E-state index contributed by atoms with van der Waals surface area (Å²) in [6, 6.07) is 10.7. The van der Waals surface area contributed by atoms with Crippen molar-refractivity contribution >= 4 is 22.8 Å². The van der Waals surface area contributed by atoms with Crippen molar-refractivity contribution in [2.75, 3.05) is 25.4 Å². The Morgan fingerprint density at radius 1 is 1.23 bits per heavy atom. The van der Waals surface area contributed by atoms with E-state index in [0.717, 1.165) is 43.1 Å². The van der Waals surface area contributed by atoms with Crippen LogP contribution in [0.15, 0.2) is 35.3 Å². The van der Waals surface area contributed by atoms with Gasteiger partial charge in [0.05, 0.1) is 11.1 Å². The fourth-order valence-corrected chi connectivity index (χ4v) is 3.97. The number of carbonyl (C=O) groups excluding carboxylic acids is 1. The molecular weight excluding hydrogens is 294 g/mol. The third-order valence-corrected chi connectivity index (χ3v) is 5.30. The van der Waals surface area contributed by atoms with E-state index in [1.807, 2.05) is 34.9 Å². The highest BCUT2D eigenvalue weighted by molar-refractivity contribution is 8.14. The molecule has 0 radical (unpaired) electrons. The Bertz CT molecular complexity index is 526. The highest BCUT2D eigenvalue weighted by Gasteiger charge is 2.20. The summed E-state index contributed by atoms with van der Waals surface area (Å²) in [5.74, 6) is 1.02. The number of hydrogen-bond acceptors (Lipinski definition) is 3. The maximum atomic E-state index is 12.0. The van der Waals surface area contributed by atoms with E-state index in [1.165, 1.54) is 12.0 Å². The Balaban J connectivity index is 1.43. The van der Waals surface area contributed by atoms with Crippen molar-refractivity contribution in [2.24, 2.45) is 4.99 Å². The predicted molar refractivity (Wildman–Crippen MR) is 92.7 cm³/mol. The molecule has 2 amide bonds. The van der Waals surface area contributed by atoms with Gasteiger partial charge in [-0.15, -0.1) is 11.8 Å². The van der Waals surface area contributed by atoms with Crippen molar-refractivity contribution in [2.45, 2.75) is 31.7 Å². The summed E-state index contributed by atoms with van der Waals surface area (Å²) < 4.78 is 0. The summed E-state index contributed by atoms with van der Waals surface area (Å²) in [6.07, 6.45) is 4.44. The molecule has 1 aromatic rings. The lowest BCUT2D eigenvalue weighted by molar-refractivity contribution is 0.186. The standard InChI is InChI=1S/C17H23N3OS/c21-17(20-11-5-2-6-12-20)18-10-9-15-13-22-16(19-15)14-7-3-1-4-8-14/h1,3-4,7-8,15H,2,5-6,9-13H2,(H,18,21). The van der Waals surface area contributed by atoms with Gasteiger partial charge in [-0.2, -0.15) is 0 Å². The van der Waals surface area contributed by atoms with Gasteiger partial charge in [0.1, 0.15) is 0 Å². The fraction of sp³-hybridized carbons (Fsp3) is 0.529. The molecule has 1 atom stereocenters. The molecule has 1 N–H and O–H groups in total. The molecule has 1 unspecified atom stereocenters. The predicted octanol–water partition coefficient (Wildman–Crippen LogP) is 3.13. The first-order valence-electron chi connectivity index (χ1n) is 8.12. The molecule has 5 heteroatoms. The van der Waals surface area contributed by atoms with Gasteiger partial charge < -0.3 is 10.2 Å². The fourth-order valence-electron chi connectivity index (χ4n) is 2.86. The van der Waals surface area contributed by atoms with Crippen molar-refractivity contribution in [3.8, 4) is 0 Å². The summed E-state index contributed by atoms with van der Waals surface area (Å²) in [7, 11) is 0. The Hall–Kier alpha value is -1.49. The van der Waals surface area contributed by atoms with E-state index in [2.05, 4.69) is 17.4 Å². The number of rotatable bonds is 4. The van der Waals surface area contributed by atoms with Gasteiger partial charge in [0.2, 0.25) is 0 Å². The number of hydrogen-bond donors (Lipinski definition) is 1. The quantitative estimate of drug-likeness (QED) is 0.927. The second-order valence-electron chi connectivity index (χ2n) is 5.83. The first-order valence-corrected chi connectivity index (χ1v) is 9.10. The van der Waals surface area contributed by atoms with E-state index < -0.39 is 0 Å². The van der Waals surface area contributed by atoms with Crippen molar-refractivity contribution in [1.82, 2.24) is 10.2 Å². The third kappa shape index (κ3) is 4.03. The molecule has 22 heavy (non-hydrogen) atoms. The minimum Gasteiger partial charge on any atom is -0.338 e. The van der Waals surface area contributed by atoms with E-state index in [4.69, 9.17) is 4.99 Å². The number of amides is 2. The minimum absolute atomic E-state index is 0.0950. The molecule has 2 aliphatic rings. The van der Waals surface area contributed by atoms with Gasteiger partial charge >= 0.3 is 6.03 Å². The van der Waals surface area contributed by atoms with Crippen LogP contribution in [0.5, 0.6) is 0 Å². The molecule has 4 nitrogen and oxygen atoms in total. The van der Waals surface area contributed by atoms with Gasteiger partial charge in [-0.3, -0.25) is 4.99 Å². The smallest absolute Gasteiger partial charge is 0.317 e. The van der Waals surface area contributed by atoms with Crippen LogP contribution < -0.4 is 5.32 Å². The molecule has 0 aliphatic carbocycles. The molecule has 118 valence electrons. The number of likely N-dealkylation sites (tertiary alicyclic amines) is 1. The van der Waals surface area contributed by atoms with Gasteiger partial charge in [0.15, 0.2) is 0 Å². The van der Waals surface area contributed by atoms with Crippen LogP contribution in [0, 0.1) is 0 Å². The van der Waals surface area contributed by atoms with Gasteiger partial charge in [-0.1, -0.05) is 30.3 Å². The van der Waals surface area contributed by atoms with Crippen molar-refractivity contribution in [1.29, 1.82) is 0 Å². The average Bonchev–Trinajstić information content (AvgIpc) is 3.05. The Labute approximate surface area is 136 Å². The van der Waals surface area contributed by atoms with Crippen LogP contribution in [0.3, 0.4) is 0 Å². The number of aliphatic imine (C=N–C) groups is 1. The number of piperidine rings is 1. The zero-order valence-electron chi connectivity index (χ0n) is 12.8. The first-order chi connectivity index (χ1) is 10.8. The van der Waals surface area contributed by atoms with Crippen LogP contribution in [0.2, 0.25) is 0 Å². The largest absolute Gasteiger partial charge is 0.338 e. The van der Waals surface area contributed by atoms with Gasteiger partial charge in [0.25, 0.3) is 0 Å². The van der Waals surface area contributed by atoms with E-state index >= 15 is 0 Å². The minimum atomic E-state index is 0.0950. The first kappa shape index (κ1) is 15.4. The lowest BCUT2D eigenvalue weighted by atomic mass is 10.1. The van der Waals surface area contributed by atoms with E-state index in [1.54, 1.807) is 0 Å². The number of urea groups is 1. The van der Waals surface area contributed by atoms with Crippen molar-refractivity contribution in [3.63, 3.8) is 0 Å². The molecule has 1 aromatic carbocycles. The van der Waals surface area contributed by atoms with Gasteiger partial charge in [-0.25, -0.2) is 4.79 Å². The zero-order chi connectivity index (χ0) is 15.2. The van der Waals surface area contributed by atoms with Gasteiger partial charge in [0, 0.05) is 31.0 Å². The molecule has 0 bridgehead atoms.